The summed E-state index contributed by atoms with van der Waals surface area (Å²) >= 11 is 5.13. The third-order valence-corrected chi connectivity index (χ3v) is 3.49. The highest BCUT2D eigenvalue weighted by Crippen LogP contribution is 2.38. The van der Waals surface area contributed by atoms with E-state index in [0.717, 1.165) is 6.07 Å². The topological polar surface area (TPSA) is 28.7 Å². The third-order valence-electron chi connectivity index (χ3n) is 3.18. The van der Waals surface area contributed by atoms with Gasteiger partial charge in [-0.3, -0.25) is 5.10 Å². The van der Waals surface area contributed by atoms with Crippen LogP contribution in [0.1, 0.15) is 5.56 Å². The minimum atomic E-state index is -4.44. The Morgan fingerprint density at radius 2 is 1.52 bits per heavy atom. The van der Waals surface area contributed by atoms with Crippen LogP contribution in [-0.4, -0.2) is 10.2 Å². The molecule has 106 valence electrons. The minimum Gasteiger partial charge on any atom is -0.267 e. The van der Waals surface area contributed by atoms with Gasteiger partial charge in [0.05, 0.1) is 11.3 Å². The zero-order valence-corrected chi connectivity index (χ0v) is 11.4. The highest BCUT2D eigenvalue weighted by molar-refractivity contribution is 7.71. The fourth-order valence-corrected chi connectivity index (χ4v) is 2.48. The zero-order valence-electron chi connectivity index (χ0n) is 10.6. The van der Waals surface area contributed by atoms with Crippen molar-refractivity contribution in [1.29, 1.82) is 0 Å². The molecular formula is C15H9F3N2S. The van der Waals surface area contributed by atoms with Crippen LogP contribution < -0.4 is 0 Å². The molecule has 0 saturated heterocycles. The van der Waals surface area contributed by atoms with Gasteiger partial charge in [0.25, 0.3) is 0 Å². The molecule has 2 nitrogen and oxygen atoms in total. The van der Waals surface area contributed by atoms with Crippen LogP contribution in [0, 0.1) is 4.64 Å². The molecule has 2 aromatic carbocycles. The van der Waals surface area contributed by atoms with E-state index in [4.69, 9.17) is 12.2 Å². The van der Waals surface area contributed by atoms with Crippen molar-refractivity contribution in [2.75, 3.05) is 0 Å². The predicted molar refractivity (Wildman–Crippen MR) is 77.4 cm³/mol. The number of H-pyrrole nitrogens is 1. The monoisotopic (exact) mass is 306 g/mol. The number of rotatable bonds is 1. The Balaban J connectivity index is 2.38. The molecule has 0 atom stereocenters. The molecule has 0 saturated carbocycles. The van der Waals surface area contributed by atoms with Crippen molar-refractivity contribution in [3.63, 3.8) is 0 Å². The molecule has 0 aliphatic rings. The first kappa shape index (κ1) is 13.8. The average molecular weight is 306 g/mol. The van der Waals surface area contributed by atoms with Crippen molar-refractivity contribution in [3.8, 4) is 11.3 Å². The van der Waals surface area contributed by atoms with Gasteiger partial charge in [0, 0.05) is 16.3 Å². The maximum absolute atomic E-state index is 13.2. The third kappa shape index (κ3) is 2.42. The molecule has 0 aliphatic heterocycles. The second kappa shape index (κ2) is 4.96. The van der Waals surface area contributed by atoms with Crippen LogP contribution in [0.25, 0.3) is 22.0 Å². The van der Waals surface area contributed by atoms with Crippen LogP contribution >= 0.6 is 12.2 Å². The number of fused-ring (bicyclic) bond motifs is 1. The van der Waals surface area contributed by atoms with E-state index >= 15 is 0 Å². The number of nitrogens with zero attached hydrogens (tertiary/aromatic N) is 1. The Morgan fingerprint density at radius 1 is 0.905 bits per heavy atom. The van der Waals surface area contributed by atoms with Gasteiger partial charge < -0.3 is 0 Å². The van der Waals surface area contributed by atoms with Crippen molar-refractivity contribution in [1.82, 2.24) is 10.2 Å². The zero-order chi connectivity index (χ0) is 15.0. The summed E-state index contributed by atoms with van der Waals surface area (Å²) in [5, 5.41) is 7.91. The summed E-state index contributed by atoms with van der Waals surface area (Å²) in [6.45, 7) is 0. The summed E-state index contributed by atoms with van der Waals surface area (Å²) in [5.74, 6) is 0. The van der Waals surface area contributed by atoms with E-state index in [1.165, 1.54) is 12.1 Å². The Morgan fingerprint density at radius 3 is 2.24 bits per heavy atom. The Bertz CT molecular complexity index is 868. The van der Waals surface area contributed by atoms with Gasteiger partial charge in [0.15, 0.2) is 0 Å². The lowest BCUT2D eigenvalue weighted by Gasteiger charge is -2.13. The molecule has 0 aliphatic carbocycles. The molecular weight excluding hydrogens is 297 g/mol. The SMILES string of the molecule is FC(F)(F)c1ccccc1-c1n[nH]c(=S)c2ccccc12. The largest absolute Gasteiger partial charge is 0.417 e. The number of aromatic amines is 1. The van der Waals surface area contributed by atoms with Crippen molar-refractivity contribution < 1.29 is 13.2 Å². The van der Waals surface area contributed by atoms with Gasteiger partial charge in [-0.15, -0.1) is 0 Å². The first-order valence-corrected chi connectivity index (χ1v) is 6.53. The van der Waals surface area contributed by atoms with E-state index in [9.17, 15) is 13.2 Å². The summed E-state index contributed by atoms with van der Waals surface area (Å²) in [4.78, 5) is 0. The fraction of sp³-hybridized carbons (Fsp3) is 0.0667. The average Bonchev–Trinajstić information content (AvgIpc) is 2.47. The number of aromatic nitrogens is 2. The standard InChI is InChI=1S/C15H9F3N2S/c16-15(17,18)12-8-4-3-7-11(12)13-9-5-1-2-6-10(9)14(21)20-19-13/h1-8H,(H,20,21). The molecule has 21 heavy (non-hydrogen) atoms. The summed E-state index contributed by atoms with van der Waals surface area (Å²) in [5.41, 5.74) is -0.437. The van der Waals surface area contributed by atoms with Gasteiger partial charge in [0.1, 0.15) is 4.64 Å². The van der Waals surface area contributed by atoms with Crippen molar-refractivity contribution >= 4 is 23.0 Å². The quantitative estimate of drug-likeness (QED) is 0.642. The molecule has 0 unspecified atom stereocenters. The van der Waals surface area contributed by atoms with Gasteiger partial charge in [-0.25, -0.2) is 0 Å². The number of halogens is 3. The normalized spacial score (nSPS) is 11.8. The molecule has 0 fully saturated rings. The molecule has 6 heteroatoms. The van der Waals surface area contributed by atoms with E-state index in [2.05, 4.69) is 10.2 Å². The first-order valence-electron chi connectivity index (χ1n) is 6.12. The molecule has 1 aromatic heterocycles. The molecule has 0 amide bonds. The fourth-order valence-electron chi connectivity index (χ4n) is 2.26. The van der Waals surface area contributed by atoms with Gasteiger partial charge in [0.2, 0.25) is 0 Å². The van der Waals surface area contributed by atoms with Crippen LogP contribution in [0.2, 0.25) is 0 Å². The van der Waals surface area contributed by atoms with E-state index in [1.807, 2.05) is 0 Å². The number of nitrogens with one attached hydrogen (secondary N) is 1. The van der Waals surface area contributed by atoms with Crippen molar-refractivity contribution in [2.24, 2.45) is 0 Å². The van der Waals surface area contributed by atoms with E-state index in [1.54, 1.807) is 30.3 Å². The van der Waals surface area contributed by atoms with Gasteiger partial charge >= 0.3 is 6.18 Å². The second-order valence-electron chi connectivity index (χ2n) is 4.49. The van der Waals surface area contributed by atoms with Gasteiger partial charge in [-0.2, -0.15) is 18.3 Å². The van der Waals surface area contributed by atoms with E-state index in [-0.39, 0.29) is 11.3 Å². The number of hydrogen-bond acceptors (Lipinski definition) is 2. The maximum Gasteiger partial charge on any atom is 0.417 e. The molecule has 1 N–H and O–H groups in total. The summed E-state index contributed by atoms with van der Waals surface area (Å²) in [7, 11) is 0. The summed E-state index contributed by atoms with van der Waals surface area (Å²) < 4.78 is 39.9. The number of benzene rings is 2. The lowest BCUT2D eigenvalue weighted by Crippen LogP contribution is -2.07. The van der Waals surface area contributed by atoms with Crippen LogP contribution in [0.3, 0.4) is 0 Å². The van der Waals surface area contributed by atoms with E-state index in [0.29, 0.717) is 15.4 Å². The number of alkyl halides is 3. The van der Waals surface area contributed by atoms with Crippen LogP contribution in [0.15, 0.2) is 48.5 Å². The second-order valence-corrected chi connectivity index (χ2v) is 4.90. The molecule has 0 radical (unpaired) electrons. The van der Waals surface area contributed by atoms with E-state index < -0.39 is 11.7 Å². The Kier molecular flexibility index (Phi) is 3.25. The van der Waals surface area contributed by atoms with Crippen molar-refractivity contribution in [2.45, 2.75) is 6.18 Å². The number of hydrogen-bond donors (Lipinski definition) is 1. The molecule has 1 heterocycles. The Labute approximate surface area is 123 Å². The summed E-state index contributed by atoms with van der Waals surface area (Å²) in [6.07, 6.45) is -4.44. The molecule has 0 spiro atoms. The smallest absolute Gasteiger partial charge is 0.267 e. The van der Waals surface area contributed by atoms with Crippen LogP contribution in [-0.2, 0) is 6.18 Å². The first-order chi connectivity index (χ1) is 9.98. The molecule has 3 rings (SSSR count). The lowest BCUT2D eigenvalue weighted by atomic mass is 10.00. The highest BCUT2D eigenvalue weighted by Gasteiger charge is 2.34. The molecule has 3 aromatic rings. The lowest BCUT2D eigenvalue weighted by molar-refractivity contribution is -0.137. The van der Waals surface area contributed by atoms with Crippen LogP contribution in [0.5, 0.6) is 0 Å². The summed E-state index contributed by atoms with van der Waals surface area (Å²) in [6, 6.07) is 12.4. The predicted octanol–water partition coefficient (Wildman–Crippen LogP) is 4.98. The molecule has 0 bridgehead atoms. The Hall–Kier alpha value is -2.21. The van der Waals surface area contributed by atoms with Gasteiger partial charge in [-0.1, -0.05) is 54.7 Å². The minimum absolute atomic E-state index is 0.0347. The van der Waals surface area contributed by atoms with Crippen LogP contribution in [0.4, 0.5) is 13.2 Å². The van der Waals surface area contributed by atoms with Gasteiger partial charge in [-0.05, 0) is 6.07 Å². The maximum atomic E-state index is 13.2. The van der Waals surface area contributed by atoms with Crippen molar-refractivity contribution in [3.05, 3.63) is 58.7 Å². The highest BCUT2D eigenvalue weighted by atomic mass is 32.1.